The molecule has 0 fully saturated rings. The Morgan fingerprint density at radius 2 is 0.311 bits per heavy atom. The predicted molar refractivity (Wildman–Crippen MR) is 280 cm³/mol. The minimum Gasteiger partial charge on any atom is -0.394 e. The highest BCUT2D eigenvalue weighted by Gasteiger charge is 2.00. The van der Waals surface area contributed by atoms with Crippen molar-refractivity contribution in [1.29, 1.82) is 0 Å². The minimum atomic E-state index is 0.0201. The number of aliphatic hydroxyl groups is 1. The maximum atomic E-state index is 8.61. The lowest BCUT2D eigenvalue weighted by Gasteiger charge is -2.09. The molecule has 21 nitrogen and oxygen atoms in total. The van der Waals surface area contributed by atoms with Crippen molar-refractivity contribution >= 4 is 0 Å². The molecular weight excluding hydrogens is 973 g/mol. The van der Waals surface area contributed by atoms with Crippen LogP contribution < -0.4 is 0 Å². The van der Waals surface area contributed by atoms with Crippen LogP contribution in [0.3, 0.4) is 0 Å². The highest BCUT2D eigenvalue weighted by atomic mass is 16.6. The van der Waals surface area contributed by atoms with Gasteiger partial charge in [-0.15, -0.1) is 0 Å². The molecule has 0 spiro atoms. The summed E-state index contributed by atoms with van der Waals surface area (Å²) in [5, 5.41) is 8.61. The van der Waals surface area contributed by atoms with Gasteiger partial charge in [-0.05, 0) is 12.3 Å². The van der Waals surface area contributed by atoms with E-state index >= 15 is 0 Å². The number of rotatable bonds is 70. The SMILES string of the molecule is CC(C)CCCCCCCCCCOCCOCCOCCOCCOCCOCCOCCOCCOCCOCCOCCOCCOCCOCCOCCOCCOCCOCCOCCOCCO. The summed E-state index contributed by atoms with van der Waals surface area (Å²) in [4.78, 5) is 0. The Balaban J connectivity index is 3.08. The maximum Gasteiger partial charge on any atom is 0.0701 e. The molecule has 0 aromatic heterocycles. The van der Waals surface area contributed by atoms with Crippen LogP contribution in [0, 0.1) is 5.92 Å². The van der Waals surface area contributed by atoms with Crippen LogP contribution in [0.4, 0.5) is 0 Å². The van der Waals surface area contributed by atoms with Gasteiger partial charge in [0.15, 0.2) is 0 Å². The highest BCUT2D eigenvalue weighted by Crippen LogP contribution is 2.12. The molecule has 0 bridgehead atoms. The van der Waals surface area contributed by atoms with Crippen molar-refractivity contribution in [3.63, 3.8) is 0 Å². The van der Waals surface area contributed by atoms with E-state index in [0.29, 0.717) is 258 Å². The second kappa shape index (κ2) is 70.2. The predicted octanol–water partition coefficient (Wildman–Crippen LogP) is 4.48. The smallest absolute Gasteiger partial charge is 0.0701 e. The Bertz CT molecular complexity index is 965. The van der Waals surface area contributed by atoms with Gasteiger partial charge in [-0.2, -0.15) is 0 Å². The molecule has 0 unspecified atom stereocenters. The zero-order chi connectivity index (χ0) is 53.1. The normalized spacial score (nSPS) is 11.8. The Morgan fingerprint density at radius 3 is 0.473 bits per heavy atom. The summed E-state index contributed by atoms with van der Waals surface area (Å²) >= 11 is 0. The standard InChI is InChI=1S/C53H108O21/c1-53(2)11-9-7-5-3-4-6-8-10-13-55-15-17-57-19-21-59-23-25-61-27-29-63-31-33-65-35-37-67-39-41-69-43-45-71-47-49-73-51-52-74-50-48-72-46-44-70-42-40-68-38-36-66-34-32-64-30-28-62-26-24-60-22-20-58-18-16-56-14-12-54/h53-54H,3-52H2,1-2H3. The van der Waals surface area contributed by atoms with Crippen LogP contribution in [-0.2, 0) is 94.7 Å². The van der Waals surface area contributed by atoms with Crippen LogP contribution >= 0.6 is 0 Å². The molecule has 0 saturated heterocycles. The summed E-state index contributed by atoms with van der Waals surface area (Å²) in [6, 6.07) is 0. The van der Waals surface area contributed by atoms with E-state index in [2.05, 4.69) is 13.8 Å². The zero-order valence-corrected chi connectivity index (χ0v) is 46.5. The summed E-state index contributed by atoms with van der Waals surface area (Å²) in [7, 11) is 0. The van der Waals surface area contributed by atoms with Gasteiger partial charge in [-0.1, -0.05) is 65.2 Å². The third kappa shape index (κ3) is 71.2. The molecule has 0 atom stereocenters. The van der Waals surface area contributed by atoms with E-state index in [4.69, 9.17) is 99.8 Å². The molecule has 0 saturated carbocycles. The average molecular weight is 1080 g/mol. The summed E-state index contributed by atoms with van der Waals surface area (Å²) in [6.07, 6.45) is 12.0. The summed E-state index contributed by atoms with van der Waals surface area (Å²) < 4.78 is 110. The van der Waals surface area contributed by atoms with Crippen molar-refractivity contribution < 1.29 is 99.8 Å². The van der Waals surface area contributed by atoms with E-state index in [-0.39, 0.29) is 6.61 Å². The molecule has 446 valence electrons. The molecule has 0 amide bonds. The van der Waals surface area contributed by atoms with Crippen molar-refractivity contribution in [2.45, 2.75) is 71.6 Å². The molecule has 0 rings (SSSR count). The summed E-state index contributed by atoms with van der Waals surface area (Å²) in [6.45, 7) is 25.1. The largest absolute Gasteiger partial charge is 0.394 e. The Morgan fingerprint density at radius 1 is 0.176 bits per heavy atom. The molecule has 1 N–H and O–H groups in total. The van der Waals surface area contributed by atoms with Gasteiger partial charge < -0.3 is 99.8 Å². The lowest BCUT2D eigenvalue weighted by Crippen LogP contribution is -2.16. The van der Waals surface area contributed by atoms with Crippen LogP contribution in [0.25, 0.3) is 0 Å². The Hall–Kier alpha value is -0.840. The first-order valence-electron chi connectivity index (χ1n) is 27.9. The van der Waals surface area contributed by atoms with Crippen molar-refractivity contribution in [2.24, 2.45) is 5.92 Å². The lowest BCUT2D eigenvalue weighted by molar-refractivity contribution is -0.0315. The molecule has 0 radical (unpaired) electrons. The molecule has 0 aromatic rings. The Labute approximate surface area is 447 Å². The lowest BCUT2D eigenvalue weighted by atomic mass is 10.0. The molecule has 21 heteroatoms. The van der Waals surface area contributed by atoms with Gasteiger partial charge in [-0.3, -0.25) is 0 Å². The number of ether oxygens (including phenoxy) is 20. The van der Waals surface area contributed by atoms with E-state index in [1.807, 2.05) is 0 Å². The summed E-state index contributed by atoms with van der Waals surface area (Å²) in [5.74, 6) is 0.840. The van der Waals surface area contributed by atoms with Gasteiger partial charge in [0.05, 0.1) is 264 Å². The molecule has 74 heavy (non-hydrogen) atoms. The van der Waals surface area contributed by atoms with Crippen LogP contribution in [0.1, 0.15) is 71.6 Å². The molecule has 0 aliphatic carbocycles. The number of aliphatic hydroxyl groups excluding tert-OH is 1. The van der Waals surface area contributed by atoms with Crippen molar-refractivity contribution in [2.75, 3.05) is 271 Å². The monoisotopic (exact) mass is 1080 g/mol. The minimum absolute atomic E-state index is 0.0201. The van der Waals surface area contributed by atoms with Gasteiger partial charge in [0.1, 0.15) is 0 Å². The summed E-state index contributed by atoms with van der Waals surface area (Å²) in [5.41, 5.74) is 0. The second-order valence-electron chi connectivity index (χ2n) is 17.0. The molecular formula is C53H108O21. The topological polar surface area (TPSA) is 205 Å². The molecule has 0 heterocycles. The van der Waals surface area contributed by atoms with Crippen LogP contribution in [0.5, 0.6) is 0 Å². The third-order valence-electron chi connectivity index (χ3n) is 10.1. The van der Waals surface area contributed by atoms with E-state index in [9.17, 15) is 0 Å². The first-order valence-corrected chi connectivity index (χ1v) is 27.9. The van der Waals surface area contributed by atoms with E-state index in [1.165, 1.54) is 51.4 Å². The average Bonchev–Trinajstić information content (AvgIpc) is 3.40. The van der Waals surface area contributed by atoms with Crippen molar-refractivity contribution in [3.8, 4) is 0 Å². The van der Waals surface area contributed by atoms with E-state index < -0.39 is 0 Å². The zero-order valence-electron chi connectivity index (χ0n) is 46.5. The van der Waals surface area contributed by atoms with Crippen LogP contribution in [0.2, 0.25) is 0 Å². The third-order valence-corrected chi connectivity index (χ3v) is 10.1. The van der Waals surface area contributed by atoms with Gasteiger partial charge in [0.2, 0.25) is 0 Å². The van der Waals surface area contributed by atoms with Crippen LogP contribution in [0.15, 0.2) is 0 Å². The van der Waals surface area contributed by atoms with Crippen molar-refractivity contribution in [3.05, 3.63) is 0 Å². The van der Waals surface area contributed by atoms with Gasteiger partial charge in [-0.25, -0.2) is 0 Å². The van der Waals surface area contributed by atoms with Crippen LogP contribution in [-0.4, -0.2) is 276 Å². The first kappa shape index (κ1) is 73.2. The first-order chi connectivity index (χ1) is 36.8. The second-order valence-corrected chi connectivity index (χ2v) is 17.0. The Kier molecular flexibility index (Phi) is 69.4. The quantitative estimate of drug-likeness (QED) is 0.0834. The van der Waals surface area contributed by atoms with Crippen molar-refractivity contribution in [1.82, 2.24) is 0 Å². The fourth-order valence-electron chi connectivity index (χ4n) is 6.16. The molecule has 0 aliphatic heterocycles. The number of hydrogen-bond donors (Lipinski definition) is 1. The van der Waals surface area contributed by atoms with E-state index in [1.54, 1.807) is 0 Å². The van der Waals surface area contributed by atoms with Gasteiger partial charge in [0, 0.05) is 6.61 Å². The van der Waals surface area contributed by atoms with Gasteiger partial charge in [0.25, 0.3) is 0 Å². The highest BCUT2D eigenvalue weighted by molar-refractivity contribution is 4.50. The fourth-order valence-corrected chi connectivity index (χ4v) is 6.16. The fraction of sp³-hybridized carbons (Fsp3) is 1.00. The molecule has 0 aromatic carbocycles. The van der Waals surface area contributed by atoms with Gasteiger partial charge >= 0.3 is 0 Å². The molecule has 0 aliphatic rings. The number of unbranched alkanes of at least 4 members (excludes halogenated alkanes) is 7. The maximum absolute atomic E-state index is 8.61. The van der Waals surface area contributed by atoms with E-state index in [0.717, 1.165) is 18.9 Å². The number of hydrogen-bond acceptors (Lipinski definition) is 21.